The van der Waals surface area contributed by atoms with E-state index in [1.54, 1.807) is 12.7 Å². The molecule has 6 aliphatic rings. The van der Waals surface area contributed by atoms with Crippen LogP contribution in [-0.4, -0.2) is 29.8 Å². The minimum Gasteiger partial charge on any atom is -0.364 e. The maximum absolute atomic E-state index is 12.0. The molecule has 1 heterocycles. The van der Waals surface area contributed by atoms with Gasteiger partial charge >= 0.3 is 0 Å². The first-order valence-electron chi connectivity index (χ1n) is 16.2. The van der Waals surface area contributed by atoms with Crippen LogP contribution >= 0.6 is 0 Å². The topological polar surface area (TPSA) is 41.8 Å². The molecule has 2 fully saturated rings. The summed E-state index contributed by atoms with van der Waals surface area (Å²) in [6, 6.07) is 11.7. The van der Waals surface area contributed by atoms with Gasteiger partial charge in [-0.15, -0.1) is 0 Å². The molecule has 0 radical (unpaired) electrons. The van der Waals surface area contributed by atoms with Crippen molar-refractivity contribution in [2.75, 3.05) is 7.11 Å². The fraction of sp³-hybridized carbons (Fsp3) is 0.513. The predicted molar refractivity (Wildman–Crippen MR) is 173 cm³/mol. The van der Waals surface area contributed by atoms with Crippen LogP contribution in [0.2, 0.25) is 0 Å². The molecule has 0 bridgehead atoms. The summed E-state index contributed by atoms with van der Waals surface area (Å²) in [6.07, 6.45) is 14.5. The van der Waals surface area contributed by atoms with Gasteiger partial charge in [-0.1, -0.05) is 94.8 Å². The molecule has 3 heteroatoms. The van der Waals surface area contributed by atoms with E-state index in [0.29, 0.717) is 35.5 Å². The number of aliphatic hydroxyl groups is 1. The summed E-state index contributed by atoms with van der Waals surface area (Å²) >= 11 is 0. The number of hydrogen-bond acceptors (Lipinski definition) is 3. The molecule has 9 atom stereocenters. The van der Waals surface area contributed by atoms with Crippen molar-refractivity contribution >= 4 is 22.1 Å². The van der Waals surface area contributed by atoms with Crippen LogP contribution < -0.4 is 0 Å². The van der Waals surface area contributed by atoms with Crippen molar-refractivity contribution in [3.63, 3.8) is 0 Å². The summed E-state index contributed by atoms with van der Waals surface area (Å²) in [5, 5.41) is 14.6. The highest BCUT2D eigenvalue weighted by Crippen LogP contribution is 2.71. The van der Waals surface area contributed by atoms with Crippen LogP contribution in [0.25, 0.3) is 16.3 Å². The molecule has 42 heavy (non-hydrogen) atoms. The highest BCUT2D eigenvalue weighted by Gasteiger charge is 2.72. The van der Waals surface area contributed by atoms with Crippen molar-refractivity contribution < 1.29 is 9.84 Å². The zero-order chi connectivity index (χ0) is 29.3. The molecular weight excluding hydrogens is 514 g/mol. The smallest absolute Gasteiger partial charge is 0.180 e. The van der Waals surface area contributed by atoms with Gasteiger partial charge in [0, 0.05) is 24.7 Å². The number of rotatable bonds is 3. The Bertz CT molecular complexity index is 1660. The molecule has 218 valence electrons. The van der Waals surface area contributed by atoms with Gasteiger partial charge in [0.05, 0.1) is 17.9 Å². The molecule has 0 spiro atoms. The quantitative estimate of drug-likeness (QED) is 0.303. The van der Waals surface area contributed by atoms with Crippen molar-refractivity contribution in [2.45, 2.75) is 77.5 Å². The number of ether oxygens (including phenoxy) is 1. The summed E-state index contributed by atoms with van der Waals surface area (Å²) in [6.45, 7) is 13.9. The fourth-order valence-electron chi connectivity index (χ4n) is 10.0. The molecule has 2 aromatic rings. The van der Waals surface area contributed by atoms with Crippen molar-refractivity contribution in [3.05, 3.63) is 88.5 Å². The second-order valence-corrected chi connectivity index (χ2v) is 15.4. The van der Waals surface area contributed by atoms with E-state index in [1.165, 1.54) is 38.6 Å². The molecule has 2 aromatic carbocycles. The number of hydrogen-bond donors (Lipinski definition) is 1. The Balaban J connectivity index is 1.40. The van der Waals surface area contributed by atoms with Crippen LogP contribution in [0.3, 0.4) is 0 Å². The molecule has 5 aliphatic carbocycles. The van der Waals surface area contributed by atoms with Crippen LogP contribution in [-0.2, 0) is 10.2 Å². The number of fused-ring (bicyclic) bond motifs is 13. The Kier molecular flexibility index (Phi) is 5.68. The number of aliphatic imine (C=N–C) groups is 1. The van der Waals surface area contributed by atoms with Gasteiger partial charge in [-0.2, -0.15) is 0 Å². The minimum absolute atomic E-state index is 0.00957. The first-order chi connectivity index (χ1) is 20.0. The molecule has 0 amide bonds. The van der Waals surface area contributed by atoms with E-state index in [4.69, 9.17) is 9.73 Å². The summed E-state index contributed by atoms with van der Waals surface area (Å²) in [5.41, 5.74) is 9.50. The van der Waals surface area contributed by atoms with Gasteiger partial charge in [0.25, 0.3) is 0 Å². The Labute approximate surface area is 251 Å². The van der Waals surface area contributed by atoms with E-state index in [0.717, 1.165) is 18.6 Å². The average Bonchev–Trinajstić information content (AvgIpc) is 3.40. The van der Waals surface area contributed by atoms with Gasteiger partial charge < -0.3 is 9.84 Å². The molecule has 1 aliphatic heterocycles. The third kappa shape index (κ3) is 3.50. The summed E-state index contributed by atoms with van der Waals surface area (Å²) in [7, 11) is 1.68. The van der Waals surface area contributed by atoms with E-state index in [9.17, 15) is 5.11 Å². The Morgan fingerprint density at radius 2 is 1.76 bits per heavy atom. The lowest BCUT2D eigenvalue weighted by molar-refractivity contribution is -0.113. The largest absolute Gasteiger partial charge is 0.364 e. The van der Waals surface area contributed by atoms with Crippen LogP contribution in [0, 0.1) is 41.4 Å². The Morgan fingerprint density at radius 3 is 2.48 bits per heavy atom. The SMILES string of the molecule is COC1(O)C2C3=C(c4cc(C(C)(C)C)c5ccccc5c4C21)C1C(CC2C4C=CC=CC4C(CC(C)C)=CC21)N=C3C. The maximum Gasteiger partial charge on any atom is 0.180 e. The highest BCUT2D eigenvalue weighted by atomic mass is 16.6. The second-order valence-electron chi connectivity index (χ2n) is 15.4. The summed E-state index contributed by atoms with van der Waals surface area (Å²) < 4.78 is 5.98. The van der Waals surface area contributed by atoms with Crippen molar-refractivity contribution in [1.29, 1.82) is 0 Å². The third-order valence-electron chi connectivity index (χ3n) is 11.6. The number of benzene rings is 2. The van der Waals surface area contributed by atoms with Crippen molar-refractivity contribution in [2.24, 2.45) is 46.4 Å². The highest BCUT2D eigenvalue weighted by molar-refractivity contribution is 6.11. The Hall–Kier alpha value is -2.75. The zero-order valence-corrected chi connectivity index (χ0v) is 26.2. The van der Waals surface area contributed by atoms with Crippen molar-refractivity contribution in [1.82, 2.24) is 0 Å². The average molecular weight is 560 g/mol. The predicted octanol–water partition coefficient (Wildman–Crippen LogP) is 8.39. The number of methoxy groups -OCH3 is 1. The van der Waals surface area contributed by atoms with Crippen LogP contribution in [0.15, 0.2) is 76.9 Å². The lowest BCUT2D eigenvalue weighted by Gasteiger charge is -2.42. The van der Waals surface area contributed by atoms with Gasteiger partial charge in [0.2, 0.25) is 0 Å². The monoisotopic (exact) mass is 559 g/mol. The third-order valence-corrected chi connectivity index (χ3v) is 11.6. The second kappa shape index (κ2) is 8.89. The lowest BCUT2D eigenvalue weighted by Crippen LogP contribution is -2.34. The van der Waals surface area contributed by atoms with E-state index in [1.807, 2.05) is 0 Å². The number of allylic oxidation sites excluding steroid dienone is 6. The molecule has 8 rings (SSSR count). The minimum atomic E-state index is -1.19. The van der Waals surface area contributed by atoms with Gasteiger partial charge in [0.1, 0.15) is 0 Å². The first-order valence-corrected chi connectivity index (χ1v) is 16.2. The molecule has 0 saturated heterocycles. The Morgan fingerprint density at radius 1 is 1.02 bits per heavy atom. The van der Waals surface area contributed by atoms with E-state index >= 15 is 0 Å². The fourth-order valence-corrected chi connectivity index (χ4v) is 10.0. The molecule has 9 unspecified atom stereocenters. The molecule has 1 N–H and O–H groups in total. The van der Waals surface area contributed by atoms with E-state index in [2.05, 4.69) is 102 Å². The molecule has 2 saturated carbocycles. The van der Waals surface area contributed by atoms with E-state index in [-0.39, 0.29) is 23.3 Å². The normalized spacial score (nSPS) is 37.5. The summed E-state index contributed by atoms with van der Waals surface area (Å²) in [5.74, 6) is 1.72. The van der Waals surface area contributed by atoms with Gasteiger partial charge in [0.15, 0.2) is 5.79 Å². The molecule has 0 aromatic heterocycles. The zero-order valence-electron chi connectivity index (χ0n) is 26.2. The molecule has 3 nitrogen and oxygen atoms in total. The van der Waals surface area contributed by atoms with Gasteiger partial charge in [-0.05, 0) is 93.5 Å². The standard InChI is InChI=1S/C39H45NO2/c1-20(2)16-22-17-28-27(24-13-9-8-12-23(22)24)19-31-34(28)35-29-18-30(38(4,5)6)25-14-10-11-15-26(25)33(29)37-36(39(37,41)42-7)32(35)21(3)40-31/h8-15,17-18,20,23-24,27-28,31,34,36-37,41H,16,19H2,1-7H3. The van der Waals surface area contributed by atoms with Gasteiger partial charge in [-0.25, -0.2) is 0 Å². The number of nitrogens with zero attached hydrogens (tertiary/aromatic N) is 1. The van der Waals surface area contributed by atoms with Crippen LogP contribution in [0.5, 0.6) is 0 Å². The van der Waals surface area contributed by atoms with Crippen LogP contribution in [0.1, 0.15) is 77.0 Å². The summed E-state index contributed by atoms with van der Waals surface area (Å²) in [4.78, 5) is 5.48. The first kappa shape index (κ1) is 26.8. The molecular formula is C39H45NO2. The van der Waals surface area contributed by atoms with E-state index < -0.39 is 5.79 Å². The van der Waals surface area contributed by atoms with Crippen molar-refractivity contribution in [3.8, 4) is 0 Å². The van der Waals surface area contributed by atoms with Crippen LogP contribution in [0.4, 0.5) is 0 Å². The number of dihydropyridines is 1. The maximum atomic E-state index is 12.0. The lowest BCUT2D eigenvalue weighted by atomic mass is 9.62. The van der Waals surface area contributed by atoms with Gasteiger partial charge in [-0.3, -0.25) is 4.99 Å².